The third-order valence-electron chi connectivity index (χ3n) is 6.58. The molecule has 0 amide bonds. The number of nitrogens with two attached hydrogens (primary N) is 1. The van der Waals surface area contributed by atoms with Gasteiger partial charge in [0, 0.05) is 16.5 Å². The highest BCUT2D eigenvalue weighted by molar-refractivity contribution is 5.89. The summed E-state index contributed by atoms with van der Waals surface area (Å²) in [6.07, 6.45) is -0.999. The third kappa shape index (κ3) is 3.62. The summed E-state index contributed by atoms with van der Waals surface area (Å²) < 4.78 is 12.6. The van der Waals surface area contributed by atoms with Crippen molar-refractivity contribution in [1.29, 1.82) is 0 Å². The summed E-state index contributed by atoms with van der Waals surface area (Å²) in [6.45, 7) is 2.68. The molecule has 4 heterocycles. The van der Waals surface area contributed by atoms with Gasteiger partial charge in [0.05, 0.1) is 35.6 Å². The first-order valence-electron chi connectivity index (χ1n) is 11.3. The number of ketones is 1. The minimum Gasteiger partial charge on any atom is -0.457 e. The van der Waals surface area contributed by atoms with Crippen molar-refractivity contribution in [1.82, 2.24) is 14.9 Å². The second kappa shape index (κ2) is 8.40. The first kappa shape index (κ1) is 22.9. The van der Waals surface area contributed by atoms with Gasteiger partial charge in [-0.1, -0.05) is 25.1 Å². The second-order valence-corrected chi connectivity index (χ2v) is 8.70. The van der Waals surface area contributed by atoms with Crippen molar-refractivity contribution in [2.45, 2.75) is 45.2 Å². The van der Waals surface area contributed by atoms with Gasteiger partial charge in [0.25, 0.3) is 5.56 Å². The van der Waals surface area contributed by atoms with Crippen LogP contribution < -0.4 is 16.6 Å². The highest BCUT2D eigenvalue weighted by Crippen LogP contribution is 2.40. The molecule has 10 nitrogen and oxygen atoms in total. The summed E-state index contributed by atoms with van der Waals surface area (Å²) in [6, 6.07) is 11.4. The maximum absolute atomic E-state index is 13.5. The number of carbonyl (C=O) groups excluding carboxylic acids is 3. The Morgan fingerprint density at radius 2 is 2.06 bits per heavy atom. The zero-order valence-corrected chi connectivity index (χ0v) is 19.3. The Hall–Kier alpha value is -3.89. The lowest BCUT2D eigenvalue weighted by atomic mass is 9.85. The molecule has 2 aliphatic rings. The van der Waals surface area contributed by atoms with Crippen LogP contribution in [-0.4, -0.2) is 40.0 Å². The molecular weight excluding hydrogens is 452 g/mol. The molecule has 5 rings (SSSR count). The molecule has 0 bridgehead atoms. The predicted octanol–water partition coefficient (Wildman–Crippen LogP) is 1.09. The lowest BCUT2D eigenvalue weighted by Crippen LogP contribution is -2.50. The summed E-state index contributed by atoms with van der Waals surface area (Å²) in [7, 11) is 0. The van der Waals surface area contributed by atoms with E-state index >= 15 is 0 Å². The van der Waals surface area contributed by atoms with E-state index in [9.17, 15) is 19.2 Å². The number of rotatable bonds is 6. The van der Waals surface area contributed by atoms with E-state index in [2.05, 4.69) is 5.32 Å². The highest BCUT2D eigenvalue weighted by atomic mass is 16.6. The fourth-order valence-electron chi connectivity index (χ4n) is 4.65. The Morgan fingerprint density at radius 1 is 1.29 bits per heavy atom. The standard InChI is InChI=1S/C25H24N4O6/c1-3-25(35-20(31)10-27-22(26)13(2)30)17-9-19-21-15(8-14-6-4-5-7-18(14)28-21)11-29(19)23(32)16(17)12-34-24(25)33/h4-9,22,27H,3,10-12,26H2,1-2H3/t22-,25?/m0/s1. The van der Waals surface area contributed by atoms with Crippen molar-refractivity contribution in [3.05, 3.63) is 63.4 Å². The van der Waals surface area contributed by atoms with E-state index in [0.717, 1.165) is 16.5 Å². The Labute approximate surface area is 200 Å². The molecule has 10 heteroatoms. The number of Topliss-reactive ketones (excluding diaryl/α,β-unsaturated/α-hetero) is 1. The molecule has 0 aliphatic carbocycles. The van der Waals surface area contributed by atoms with Crippen molar-refractivity contribution in [2.75, 3.05) is 6.54 Å². The number of esters is 2. The molecule has 0 saturated carbocycles. The molecule has 0 saturated heterocycles. The number of nitrogens with zero attached hydrogens (tertiary/aromatic N) is 2. The van der Waals surface area contributed by atoms with Crippen LogP contribution in [0.2, 0.25) is 0 Å². The van der Waals surface area contributed by atoms with Gasteiger partial charge in [-0.3, -0.25) is 19.7 Å². The van der Waals surface area contributed by atoms with E-state index in [1.807, 2.05) is 30.3 Å². The van der Waals surface area contributed by atoms with Crippen molar-refractivity contribution in [3.63, 3.8) is 0 Å². The van der Waals surface area contributed by atoms with E-state index in [-0.39, 0.29) is 29.9 Å². The van der Waals surface area contributed by atoms with E-state index in [1.54, 1.807) is 17.6 Å². The van der Waals surface area contributed by atoms with Gasteiger partial charge in [-0.2, -0.15) is 0 Å². The average molecular weight is 476 g/mol. The Bertz CT molecular complexity index is 1460. The van der Waals surface area contributed by atoms with Crippen LogP contribution >= 0.6 is 0 Å². The van der Waals surface area contributed by atoms with Crippen molar-refractivity contribution < 1.29 is 23.9 Å². The molecule has 2 aliphatic heterocycles. The summed E-state index contributed by atoms with van der Waals surface area (Å²) in [5, 5.41) is 3.52. The summed E-state index contributed by atoms with van der Waals surface area (Å²) in [4.78, 5) is 55.3. The molecular formula is C25H24N4O6. The molecule has 1 unspecified atom stereocenters. The predicted molar refractivity (Wildman–Crippen MR) is 125 cm³/mol. The van der Waals surface area contributed by atoms with Crippen molar-refractivity contribution >= 4 is 28.6 Å². The number of benzene rings is 1. The number of hydrogen-bond acceptors (Lipinski definition) is 9. The monoisotopic (exact) mass is 476 g/mol. The van der Waals surface area contributed by atoms with Crippen LogP contribution in [-0.2, 0) is 42.6 Å². The van der Waals surface area contributed by atoms with Crippen molar-refractivity contribution in [2.24, 2.45) is 5.73 Å². The van der Waals surface area contributed by atoms with Crippen LogP contribution in [0.1, 0.15) is 37.0 Å². The van der Waals surface area contributed by atoms with Gasteiger partial charge in [-0.25, -0.2) is 9.78 Å². The molecule has 35 heavy (non-hydrogen) atoms. The molecule has 180 valence electrons. The quantitative estimate of drug-likeness (QED) is 0.309. The Kier molecular flexibility index (Phi) is 5.49. The lowest BCUT2D eigenvalue weighted by Gasteiger charge is -2.35. The van der Waals surface area contributed by atoms with Crippen LogP contribution in [0.4, 0.5) is 0 Å². The largest absolute Gasteiger partial charge is 0.457 e. The van der Waals surface area contributed by atoms with Crippen LogP contribution in [0.25, 0.3) is 22.3 Å². The molecule has 0 spiro atoms. The summed E-state index contributed by atoms with van der Waals surface area (Å²) in [5.74, 6) is -1.92. The molecule has 2 aromatic heterocycles. The smallest absolute Gasteiger partial charge is 0.355 e. The number of para-hydroxylation sites is 1. The SMILES string of the molecule is CCC1(OC(=O)CN[C@H](N)C(C)=O)C(=O)OCc2c1cc1n(c2=O)Cc2cc3ccccc3nc2-1. The molecule has 3 aromatic rings. The number of ether oxygens (including phenoxy) is 2. The average Bonchev–Trinajstić information content (AvgIpc) is 3.20. The number of carbonyl (C=O) groups is 3. The number of nitrogens with one attached hydrogen (secondary N) is 1. The van der Waals surface area contributed by atoms with Gasteiger partial charge in [0.15, 0.2) is 5.78 Å². The Balaban J connectivity index is 1.59. The number of pyridine rings is 2. The molecule has 0 fully saturated rings. The first-order valence-corrected chi connectivity index (χ1v) is 11.3. The van der Waals surface area contributed by atoms with E-state index in [0.29, 0.717) is 23.5 Å². The normalized spacial score (nSPS) is 18.9. The van der Waals surface area contributed by atoms with E-state index in [4.69, 9.17) is 20.2 Å². The van der Waals surface area contributed by atoms with Gasteiger partial charge in [-0.15, -0.1) is 0 Å². The maximum atomic E-state index is 13.5. The fraction of sp³-hybridized carbons (Fsp3) is 0.320. The zero-order valence-electron chi connectivity index (χ0n) is 19.3. The third-order valence-corrected chi connectivity index (χ3v) is 6.58. The van der Waals surface area contributed by atoms with Crippen LogP contribution in [0.5, 0.6) is 0 Å². The van der Waals surface area contributed by atoms with Crippen LogP contribution in [0, 0.1) is 0 Å². The Morgan fingerprint density at radius 3 is 2.80 bits per heavy atom. The van der Waals surface area contributed by atoms with Gasteiger partial charge in [0.1, 0.15) is 12.8 Å². The highest BCUT2D eigenvalue weighted by Gasteiger charge is 2.50. The minimum atomic E-state index is -1.80. The number of fused-ring (bicyclic) bond motifs is 5. The minimum absolute atomic E-state index is 0.0459. The molecule has 3 N–H and O–H groups in total. The second-order valence-electron chi connectivity index (χ2n) is 8.70. The van der Waals surface area contributed by atoms with Crippen LogP contribution in [0.3, 0.4) is 0 Å². The van der Waals surface area contributed by atoms with Crippen LogP contribution in [0.15, 0.2) is 41.2 Å². The van der Waals surface area contributed by atoms with Gasteiger partial charge < -0.3 is 19.8 Å². The lowest BCUT2D eigenvalue weighted by molar-refractivity contribution is -0.189. The van der Waals surface area contributed by atoms with Gasteiger partial charge in [0.2, 0.25) is 5.60 Å². The summed E-state index contributed by atoms with van der Waals surface area (Å²) in [5.41, 5.74) is 6.91. The number of hydrogen-bond donors (Lipinski definition) is 2. The molecule has 2 atom stereocenters. The zero-order chi connectivity index (χ0) is 24.9. The molecule has 1 aromatic carbocycles. The topological polar surface area (TPSA) is 143 Å². The summed E-state index contributed by atoms with van der Waals surface area (Å²) >= 11 is 0. The maximum Gasteiger partial charge on any atom is 0.355 e. The first-order chi connectivity index (χ1) is 16.7. The van der Waals surface area contributed by atoms with E-state index in [1.165, 1.54) is 6.92 Å². The van der Waals surface area contributed by atoms with E-state index < -0.39 is 30.3 Å². The van der Waals surface area contributed by atoms with Crippen molar-refractivity contribution in [3.8, 4) is 11.4 Å². The molecule has 0 radical (unpaired) electrons. The number of aromatic nitrogens is 2. The number of cyclic esters (lactones) is 1. The van der Waals surface area contributed by atoms with Gasteiger partial charge >= 0.3 is 11.9 Å². The van der Waals surface area contributed by atoms with Gasteiger partial charge in [-0.05, 0) is 31.5 Å². The fourth-order valence-corrected chi connectivity index (χ4v) is 4.65.